The van der Waals surface area contributed by atoms with E-state index in [-0.39, 0.29) is 0 Å². The van der Waals surface area contributed by atoms with Crippen LogP contribution in [0.2, 0.25) is 0 Å². The number of benzene rings is 1. The van der Waals surface area contributed by atoms with Crippen molar-refractivity contribution in [1.29, 1.82) is 0 Å². The zero-order chi connectivity index (χ0) is 15.4. The molecular formula is C19H29N. The second kappa shape index (κ2) is 4.95. The molecule has 0 aliphatic heterocycles. The summed E-state index contributed by atoms with van der Waals surface area (Å²) < 4.78 is 2.45. The molecule has 110 valence electrons. The Hall–Kier alpha value is -1.24. The predicted molar refractivity (Wildman–Crippen MR) is 90.0 cm³/mol. The van der Waals surface area contributed by atoms with Crippen LogP contribution in [0.25, 0.3) is 10.9 Å². The lowest BCUT2D eigenvalue weighted by molar-refractivity contribution is 0.719. The van der Waals surface area contributed by atoms with Gasteiger partial charge in [0.2, 0.25) is 0 Å². The number of hydrogen-bond donors (Lipinski definition) is 0. The summed E-state index contributed by atoms with van der Waals surface area (Å²) in [6.45, 7) is 18.4. The molecule has 1 aromatic carbocycles. The Bertz CT molecular complexity index is 669. The van der Waals surface area contributed by atoms with Gasteiger partial charge in [-0.2, -0.15) is 0 Å². The van der Waals surface area contributed by atoms with Crippen LogP contribution in [0.5, 0.6) is 0 Å². The van der Waals surface area contributed by atoms with Crippen LogP contribution in [-0.4, -0.2) is 4.57 Å². The van der Waals surface area contributed by atoms with Crippen molar-refractivity contribution in [2.24, 2.45) is 7.05 Å². The Balaban J connectivity index is 3.12. The minimum Gasteiger partial charge on any atom is -0.347 e. The molecule has 0 aliphatic carbocycles. The molecule has 1 nitrogen and oxygen atoms in total. The third-order valence-electron chi connectivity index (χ3n) is 5.02. The molecule has 0 atom stereocenters. The van der Waals surface area contributed by atoms with Gasteiger partial charge in [-0.25, -0.2) is 0 Å². The van der Waals surface area contributed by atoms with E-state index in [9.17, 15) is 0 Å². The highest BCUT2D eigenvalue weighted by atomic mass is 15.0. The maximum atomic E-state index is 2.45. The lowest BCUT2D eigenvalue weighted by atomic mass is 9.89. The first-order chi connectivity index (χ1) is 9.20. The van der Waals surface area contributed by atoms with Crippen molar-refractivity contribution in [1.82, 2.24) is 4.57 Å². The van der Waals surface area contributed by atoms with Crippen molar-refractivity contribution in [3.8, 4) is 0 Å². The molecule has 2 aromatic rings. The summed E-state index contributed by atoms with van der Waals surface area (Å²) in [6, 6.07) is 0. The van der Waals surface area contributed by atoms with E-state index < -0.39 is 0 Å². The average Bonchev–Trinajstić information content (AvgIpc) is 2.67. The molecule has 1 aromatic heterocycles. The van der Waals surface area contributed by atoms with Gasteiger partial charge in [0.1, 0.15) is 0 Å². The molecule has 0 saturated heterocycles. The number of rotatable bonds is 2. The SMILES string of the molecule is Cc1c(C)c(C)c2c(c1C)c(C(C)C)c(C(C)C)n2C. The second-order valence-electron chi connectivity index (χ2n) is 6.89. The summed E-state index contributed by atoms with van der Waals surface area (Å²) in [7, 11) is 2.24. The Morgan fingerprint density at radius 2 is 1.20 bits per heavy atom. The molecule has 1 heteroatoms. The standard InChI is InChI=1S/C19H29N/c1-10(2)16-17-14(7)12(5)13(6)15(8)19(17)20(9)18(16)11(3)4/h10-11H,1-9H3. The van der Waals surface area contributed by atoms with E-state index in [1.807, 2.05) is 0 Å². The highest BCUT2D eigenvalue weighted by Gasteiger charge is 2.23. The highest BCUT2D eigenvalue weighted by molar-refractivity contribution is 5.93. The van der Waals surface area contributed by atoms with Gasteiger partial charge >= 0.3 is 0 Å². The molecule has 0 radical (unpaired) electrons. The van der Waals surface area contributed by atoms with E-state index in [2.05, 4.69) is 67.0 Å². The van der Waals surface area contributed by atoms with Gasteiger partial charge in [0, 0.05) is 18.1 Å². The smallest absolute Gasteiger partial charge is 0.0518 e. The van der Waals surface area contributed by atoms with Gasteiger partial charge in [0.05, 0.1) is 5.52 Å². The van der Waals surface area contributed by atoms with Crippen molar-refractivity contribution in [3.63, 3.8) is 0 Å². The van der Waals surface area contributed by atoms with Crippen LogP contribution in [0.15, 0.2) is 0 Å². The summed E-state index contributed by atoms with van der Waals surface area (Å²) in [6.07, 6.45) is 0. The molecule has 0 aliphatic rings. The van der Waals surface area contributed by atoms with Gasteiger partial charge in [-0.3, -0.25) is 0 Å². The summed E-state index contributed by atoms with van der Waals surface area (Å²) >= 11 is 0. The Morgan fingerprint density at radius 3 is 1.65 bits per heavy atom. The van der Waals surface area contributed by atoms with Crippen LogP contribution in [-0.2, 0) is 7.05 Å². The van der Waals surface area contributed by atoms with Gasteiger partial charge in [-0.1, -0.05) is 27.7 Å². The van der Waals surface area contributed by atoms with Gasteiger partial charge < -0.3 is 4.57 Å². The fourth-order valence-corrected chi connectivity index (χ4v) is 3.75. The van der Waals surface area contributed by atoms with Crippen molar-refractivity contribution >= 4 is 10.9 Å². The second-order valence-corrected chi connectivity index (χ2v) is 6.89. The lowest BCUT2D eigenvalue weighted by Crippen LogP contribution is -2.03. The van der Waals surface area contributed by atoms with Crippen molar-refractivity contribution in [2.45, 2.75) is 67.2 Å². The fourth-order valence-electron chi connectivity index (χ4n) is 3.75. The molecule has 20 heavy (non-hydrogen) atoms. The van der Waals surface area contributed by atoms with E-state index in [0.717, 1.165) is 0 Å². The number of nitrogens with zero attached hydrogens (tertiary/aromatic N) is 1. The van der Waals surface area contributed by atoms with Crippen molar-refractivity contribution < 1.29 is 0 Å². The number of aromatic nitrogens is 1. The quantitative estimate of drug-likeness (QED) is 0.664. The number of hydrogen-bond acceptors (Lipinski definition) is 0. The monoisotopic (exact) mass is 271 g/mol. The predicted octanol–water partition coefficient (Wildman–Crippen LogP) is 5.66. The average molecular weight is 271 g/mol. The molecule has 0 saturated carbocycles. The maximum absolute atomic E-state index is 2.45. The summed E-state index contributed by atoms with van der Waals surface area (Å²) in [4.78, 5) is 0. The van der Waals surface area contributed by atoms with Crippen LogP contribution < -0.4 is 0 Å². The zero-order valence-corrected chi connectivity index (χ0v) is 14.6. The maximum Gasteiger partial charge on any atom is 0.0518 e. The first-order valence-electron chi connectivity index (χ1n) is 7.78. The van der Waals surface area contributed by atoms with Gasteiger partial charge in [-0.15, -0.1) is 0 Å². The minimum absolute atomic E-state index is 0.559. The Labute approximate surface area is 124 Å². The molecule has 0 fully saturated rings. The largest absolute Gasteiger partial charge is 0.347 e. The summed E-state index contributed by atoms with van der Waals surface area (Å²) in [5, 5.41) is 1.51. The van der Waals surface area contributed by atoms with E-state index in [1.165, 1.54) is 38.9 Å². The minimum atomic E-state index is 0.559. The Morgan fingerprint density at radius 1 is 0.700 bits per heavy atom. The van der Waals surface area contributed by atoms with Crippen LogP contribution in [0, 0.1) is 27.7 Å². The molecule has 0 bridgehead atoms. The van der Waals surface area contributed by atoms with E-state index in [4.69, 9.17) is 0 Å². The van der Waals surface area contributed by atoms with E-state index in [1.54, 1.807) is 5.56 Å². The normalized spacial score (nSPS) is 12.2. The van der Waals surface area contributed by atoms with Crippen LogP contribution in [0.3, 0.4) is 0 Å². The molecule has 0 N–H and O–H groups in total. The van der Waals surface area contributed by atoms with Crippen LogP contribution >= 0.6 is 0 Å². The number of fused-ring (bicyclic) bond motifs is 1. The van der Waals surface area contributed by atoms with Gasteiger partial charge in [0.15, 0.2) is 0 Å². The topological polar surface area (TPSA) is 4.93 Å². The van der Waals surface area contributed by atoms with Crippen molar-refractivity contribution in [2.75, 3.05) is 0 Å². The van der Waals surface area contributed by atoms with Crippen LogP contribution in [0.4, 0.5) is 0 Å². The van der Waals surface area contributed by atoms with E-state index >= 15 is 0 Å². The molecule has 0 amide bonds. The van der Waals surface area contributed by atoms with Crippen LogP contribution in [0.1, 0.15) is 73.0 Å². The third kappa shape index (κ3) is 1.90. The summed E-state index contributed by atoms with van der Waals surface area (Å²) in [5.74, 6) is 1.13. The zero-order valence-electron chi connectivity index (χ0n) is 14.6. The fraction of sp³-hybridized carbons (Fsp3) is 0.579. The first-order valence-corrected chi connectivity index (χ1v) is 7.78. The Kier molecular flexibility index (Phi) is 3.75. The van der Waals surface area contributed by atoms with Gasteiger partial charge in [-0.05, 0) is 67.3 Å². The third-order valence-corrected chi connectivity index (χ3v) is 5.02. The van der Waals surface area contributed by atoms with Crippen molar-refractivity contribution in [3.05, 3.63) is 33.5 Å². The highest BCUT2D eigenvalue weighted by Crippen LogP contribution is 2.40. The summed E-state index contributed by atoms with van der Waals surface area (Å²) in [5.41, 5.74) is 10.3. The number of aryl methyl sites for hydroxylation is 3. The molecule has 0 spiro atoms. The van der Waals surface area contributed by atoms with E-state index in [0.29, 0.717) is 11.8 Å². The van der Waals surface area contributed by atoms with Gasteiger partial charge in [0.25, 0.3) is 0 Å². The first kappa shape index (κ1) is 15.2. The lowest BCUT2D eigenvalue weighted by Gasteiger charge is -2.14. The molecular weight excluding hydrogens is 242 g/mol. The molecule has 2 rings (SSSR count). The molecule has 1 heterocycles. The molecule has 0 unspecified atom stereocenters.